The number of fused-ring (bicyclic) bond motifs is 6. The maximum Gasteiger partial charge on any atom is 0.133 e. The number of aliphatic imine (C=N–C) groups is 2. The van der Waals surface area contributed by atoms with Gasteiger partial charge < -0.3 is 19.7 Å². The summed E-state index contributed by atoms with van der Waals surface area (Å²) in [6.45, 7) is 2.33. The van der Waals surface area contributed by atoms with Gasteiger partial charge in [0, 0.05) is 82.7 Å². The molecule has 9 nitrogen and oxygen atoms in total. The van der Waals surface area contributed by atoms with E-state index in [-0.39, 0.29) is 36.0 Å². The largest absolute Gasteiger partial charge is 0.370 e. The number of nitrogens with zero attached hydrogens (tertiary/aromatic N) is 8. The van der Waals surface area contributed by atoms with E-state index in [4.69, 9.17) is 20.0 Å². The molecule has 0 spiro atoms. The molecule has 3 aromatic heterocycles. The van der Waals surface area contributed by atoms with Gasteiger partial charge in [0.15, 0.2) is 0 Å². The number of amidine groups is 1. The van der Waals surface area contributed by atoms with Crippen LogP contribution in [-0.2, 0) is 6.42 Å². The minimum absolute atomic E-state index is 0.00627. The Bertz CT molecular complexity index is 3090. The standard InChI is InChI=1S/C56H51N9/c1-36-16-4-5-17-37(36)55-60-54(44-22-15-21-43(47-25-11-13-33-62(47)2)53(44)65-49-27-9-7-19-39(49)41-29-32-58-35-51(41)65)61-56(63(55)3)45-23-14-20-42(46-24-10-12-30-59-46)52(45)64-48-26-8-6-18-38(48)40-28-31-57-34-50(40)64/h4-6,8-18,20-37,40,47,50,55-56H,7,19H2,1-3H3,(H,60,61). The van der Waals surface area contributed by atoms with E-state index in [0.29, 0.717) is 0 Å². The molecule has 7 unspecified atom stereocenters. The molecule has 0 saturated carbocycles. The lowest BCUT2D eigenvalue weighted by Crippen LogP contribution is -2.56. The fourth-order valence-corrected chi connectivity index (χ4v) is 11.2. The van der Waals surface area contributed by atoms with Gasteiger partial charge in [-0.2, -0.15) is 0 Å². The average Bonchev–Trinajstić information content (AvgIpc) is 3.87. The Hall–Kier alpha value is -7.36. The van der Waals surface area contributed by atoms with Crippen LogP contribution in [0.3, 0.4) is 0 Å². The van der Waals surface area contributed by atoms with Crippen molar-refractivity contribution < 1.29 is 0 Å². The van der Waals surface area contributed by atoms with Crippen molar-refractivity contribution >= 4 is 40.4 Å². The predicted octanol–water partition coefficient (Wildman–Crippen LogP) is 11.0. The predicted molar refractivity (Wildman–Crippen MR) is 265 cm³/mol. The number of anilines is 2. The van der Waals surface area contributed by atoms with E-state index >= 15 is 0 Å². The van der Waals surface area contributed by atoms with Crippen molar-refractivity contribution in [2.45, 2.75) is 50.1 Å². The topological polar surface area (TPSA) is 77.2 Å². The van der Waals surface area contributed by atoms with Gasteiger partial charge in [0.1, 0.15) is 12.0 Å². The van der Waals surface area contributed by atoms with Crippen molar-refractivity contribution in [2.24, 2.45) is 21.8 Å². The molecule has 0 bridgehead atoms. The monoisotopic (exact) mass is 849 g/mol. The highest BCUT2D eigenvalue weighted by Gasteiger charge is 2.43. The van der Waals surface area contributed by atoms with Gasteiger partial charge in [-0.05, 0) is 85.6 Å². The third-order valence-corrected chi connectivity index (χ3v) is 14.3. The minimum Gasteiger partial charge on any atom is -0.370 e. The molecule has 65 heavy (non-hydrogen) atoms. The number of para-hydroxylation sites is 3. The van der Waals surface area contributed by atoms with Gasteiger partial charge in [-0.3, -0.25) is 19.9 Å². The van der Waals surface area contributed by atoms with Crippen LogP contribution >= 0.6 is 0 Å². The zero-order valence-corrected chi connectivity index (χ0v) is 36.9. The smallest absolute Gasteiger partial charge is 0.133 e. The second kappa shape index (κ2) is 16.0. The van der Waals surface area contributed by atoms with Gasteiger partial charge in [0.25, 0.3) is 0 Å². The van der Waals surface area contributed by atoms with Gasteiger partial charge in [-0.1, -0.05) is 110 Å². The highest BCUT2D eigenvalue weighted by molar-refractivity contribution is 6.05. The second-order valence-electron chi connectivity index (χ2n) is 18.0. The van der Waals surface area contributed by atoms with Gasteiger partial charge in [0.2, 0.25) is 0 Å². The first kappa shape index (κ1) is 39.2. The maximum absolute atomic E-state index is 5.97. The molecule has 0 amide bonds. The van der Waals surface area contributed by atoms with Crippen molar-refractivity contribution in [1.29, 1.82) is 0 Å². The maximum atomic E-state index is 5.97. The molecule has 0 saturated heterocycles. The third kappa shape index (κ3) is 6.39. The lowest BCUT2D eigenvalue weighted by atomic mass is 9.85. The molecule has 3 aromatic carbocycles. The van der Waals surface area contributed by atoms with Crippen molar-refractivity contribution in [1.82, 2.24) is 29.7 Å². The van der Waals surface area contributed by atoms with Crippen LogP contribution in [0.4, 0.5) is 11.4 Å². The van der Waals surface area contributed by atoms with Crippen LogP contribution in [0.15, 0.2) is 181 Å². The van der Waals surface area contributed by atoms with Crippen LogP contribution in [0, 0.1) is 11.8 Å². The fraction of sp³-hybridized carbons (Fsp3) is 0.214. The van der Waals surface area contributed by atoms with E-state index in [0.717, 1.165) is 58.0 Å². The summed E-state index contributed by atoms with van der Waals surface area (Å²) in [5.41, 5.74) is 13.7. The highest BCUT2D eigenvalue weighted by atomic mass is 15.4. The van der Waals surface area contributed by atoms with Gasteiger partial charge in [-0.15, -0.1) is 0 Å². The molecule has 9 heteroatoms. The van der Waals surface area contributed by atoms with Crippen molar-refractivity contribution in [3.05, 3.63) is 204 Å². The summed E-state index contributed by atoms with van der Waals surface area (Å²) >= 11 is 0. The van der Waals surface area contributed by atoms with E-state index < -0.39 is 6.17 Å². The molecular formula is C56H51N9. The summed E-state index contributed by atoms with van der Waals surface area (Å²) < 4.78 is 2.47. The summed E-state index contributed by atoms with van der Waals surface area (Å²) in [7, 11) is 4.40. The molecule has 6 aromatic rings. The van der Waals surface area contributed by atoms with Crippen LogP contribution in [0.1, 0.15) is 65.0 Å². The molecule has 6 aliphatic rings. The third-order valence-electron chi connectivity index (χ3n) is 14.3. The molecule has 7 atom stereocenters. The Kier molecular flexibility index (Phi) is 9.67. The lowest BCUT2D eigenvalue weighted by molar-refractivity contribution is 0.105. The van der Waals surface area contributed by atoms with Crippen LogP contribution in [0.2, 0.25) is 0 Å². The Morgan fingerprint density at radius 2 is 1.58 bits per heavy atom. The Morgan fingerprint density at radius 3 is 2.46 bits per heavy atom. The minimum atomic E-state index is -0.391. The van der Waals surface area contributed by atoms with Gasteiger partial charge in [0.05, 0.1) is 47.0 Å². The Balaban J connectivity index is 1.13. The summed E-state index contributed by atoms with van der Waals surface area (Å²) in [6, 6.07) is 30.6. The second-order valence-corrected chi connectivity index (χ2v) is 18.0. The van der Waals surface area contributed by atoms with Gasteiger partial charge >= 0.3 is 0 Å². The number of hydrogen-bond acceptors (Lipinski definition) is 8. The van der Waals surface area contributed by atoms with Gasteiger partial charge in [-0.25, -0.2) is 4.99 Å². The molecule has 0 radical (unpaired) electrons. The van der Waals surface area contributed by atoms with Crippen molar-refractivity contribution in [2.75, 3.05) is 19.0 Å². The highest BCUT2D eigenvalue weighted by Crippen LogP contribution is 2.52. The molecule has 0 fully saturated rings. The molecule has 1 N–H and O–H groups in total. The summed E-state index contributed by atoms with van der Waals surface area (Å²) in [5, 5.41) is 5.38. The summed E-state index contributed by atoms with van der Waals surface area (Å²) in [5.74, 6) is 1.46. The number of aromatic nitrogens is 3. The number of aryl methyl sites for hydroxylation is 1. The molecule has 2 aliphatic carbocycles. The van der Waals surface area contributed by atoms with Crippen LogP contribution in [0.25, 0.3) is 33.9 Å². The van der Waals surface area contributed by atoms with E-state index in [2.05, 4.69) is 198 Å². The number of nitrogens with one attached hydrogen (secondary N) is 1. The molecular weight excluding hydrogens is 799 g/mol. The number of pyridine rings is 2. The van der Waals surface area contributed by atoms with E-state index in [1.54, 1.807) is 0 Å². The lowest BCUT2D eigenvalue weighted by Gasteiger charge is -2.45. The number of likely N-dealkylation sites (N-methyl/N-ethyl adjacent to an activating group) is 1. The Labute approximate surface area is 380 Å². The average molecular weight is 850 g/mol. The van der Waals surface area contributed by atoms with Crippen LogP contribution < -0.4 is 10.2 Å². The first-order valence-corrected chi connectivity index (χ1v) is 22.9. The zero-order chi connectivity index (χ0) is 43.6. The van der Waals surface area contributed by atoms with E-state index in [9.17, 15) is 0 Å². The normalized spacial score (nSPS) is 25.2. The fourth-order valence-electron chi connectivity index (χ4n) is 11.2. The van der Waals surface area contributed by atoms with E-state index in [1.165, 1.54) is 33.5 Å². The van der Waals surface area contributed by atoms with Crippen molar-refractivity contribution in [3.63, 3.8) is 0 Å². The first-order chi connectivity index (χ1) is 32.0. The Morgan fingerprint density at radius 1 is 0.754 bits per heavy atom. The number of benzene rings is 3. The first-order valence-electron chi connectivity index (χ1n) is 22.9. The number of rotatable bonds is 7. The number of allylic oxidation sites excluding steroid dienone is 6. The zero-order valence-electron chi connectivity index (χ0n) is 36.9. The number of hydrogen-bond donors (Lipinski definition) is 1. The molecule has 12 rings (SSSR count). The SMILES string of the molecule is CC1C=CC=CC1C1NC(c2cccc(C3C=CC=CN3C)c2-n2c3c(c4ccncc42)CCC=C3)=NC(c2cccc(-c3ccccn3)c2N2c3ccccc3C3C=CN=CC32)N1C. The quantitative estimate of drug-likeness (QED) is 0.172. The van der Waals surface area contributed by atoms with Crippen LogP contribution in [-0.4, -0.2) is 62.7 Å². The molecule has 7 heterocycles. The van der Waals surface area contributed by atoms with Crippen molar-refractivity contribution in [3.8, 4) is 16.9 Å². The summed E-state index contributed by atoms with van der Waals surface area (Å²) in [6.07, 6.45) is 36.1. The molecule has 4 aliphatic heterocycles. The van der Waals surface area contributed by atoms with Crippen LogP contribution in [0.5, 0.6) is 0 Å². The summed E-state index contributed by atoms with van der Waals surface area (Å²) in [4.78, 5) is 27.7. The molecule has 320 valence electrons. The van der Waals surface area contributed by atoms with E-state index in [1.807, 2.05) is 30.9 Å².